The van der Waals surface area contributed by atoms with Gasteiger partial charge in [0.25, 0.3) is 0 Å². The molecule has 0 aromatic rings. The number of hydrogen-bond donors (Lipinski definition) is 0. The summed E-state index contributed by atoms with van der Waals surface area (Å²) in [5.74, 6) is -0.258. The normalized spacial score (nSPS) is 26.8. The Morgan fingerprint density at radius 3 is 3.00 bits per heavy atom. The number of rotatable bonds is 2. The molecule has 1 aliphatic rings. The largest absolute Gasteiger partial charge is 0.468 e. The van der Waals surface area contributed by atoms with Crippen LogP contribution in [0.25, 0.3) is 0 Å². The van der Waals surface area contributed by atoms with E-state index in [1.165, 1.54) is 7.11 Å². The molecule has 0 bridgehead atoms. The van der Waals surface area contributed by atoms with Crippen LogP contribution in [-0.4, -0.2) is 18.4 Å². The van der Waals surface area contributed by atoms with Crippen LogP contribution in [0, 0.1) is 5.41 Å². The van der Waals surface area contributed by atoms with Gasteiger partial charge >= 0.3 is 5.97 Å². The molecule has 0 fully saturated rings. The number of carbonyl (C=O) groups excluding carboxylic acids is 1. The van der Waals surface area contributed by atoms with Crippen molar-refractivity contribution in [1.82, 2.24) is 0 Å². The molecule has 0 aromatic carbocycles. The Morgan fingerprint density at radius 2 is 2.54 bits per heavy atom. The van der Waals surface area contributed by atoms with Crippen molar-refractivity contribution in [3.8, 4) is 0 Å². The van der Waals surface area contributed by atoms with Gasteiger partial charge in [-0.3, -0.25) is 4.79 Å². The van der Waals surface area contributed by atoms with Gasteiger partial charge in [-0.25, -0.2) is 0 Å². The third-order valence-electron chi connectivity index (χ3n) is 2.01. The standard InChI is InChI=1S/C9H10BrClO2/c1-13-8(12)9(6-10)4-2-3-7(11)5-9/h2-4H,5-6H2,1H3. The molecule has 13 heavy (non-hydrogen) atoms. The number of carbonyl (C=O) groups is 1. The lowest BCUT2D eigenvalue weighted by atomic mass is 9.84. The molecule has 1 rings (SSSR count). The van der Waals surface area contributed by atoms with E-state index in [0.717, 1.165) is 0 Å². The zero-order chi connectivity index (χ0) is 9.90. The van der Waals surface area contributed by atoms with Crippen LogP contribution in [-0.2, 0) is 9.53 Å². The van der Waals surface area contributed by atoms with Crippen molar-refractivity contribution in [3.63, 3.8) is 0 Å². The smallest absolute Gasteiger partial charge is 0.316 e. The second kappa shape index (κ2) is 4.29. The van der Waals surface area contributed by atoms with Crippen LogP contribution in [0.3, 0.4) is 0 Å². The summed E-state index contributed by atoms with van der Waals surface area (Å²) < 4.78 is 4.73. The molecule has 4 heteroatoms. The van der Waals surface area contributed by atoms with E-state index in [2.05, 4.69) is 15.9 Å². The van der Waals surface area contributed by atoms with Crippen LogP contribution in [0.2, 0.25) is 0 Å². The van der Waals surface area contributed by atoms with Gasteiger partial charge in [-0.15, -0.1) is 0 Å². The highest BCUT2D eigenvalue weighted by Gasteiger charge is 2.37. The zero-order valence-electron chi connectivity index (χ0n) is 7.22. The van der Waals surface area contributed by atoms with Gasteiger partial charge in [-0.2, -0.15) is 0 Å². The van der Waals surface area contributed by atoms with Crippen LogP contribution < -0.4 is 0 Å². The van der Waals surface area contributed by atoms with Gasteiger partial charge in [0.2, 0.25) is 0 Å². The van der Waals surface area contributed by atoms with E-state index in [1.807, 2.05) is 6.08 Å². The molecule has 0 amide bonds. The molecule has 0 radical (unpaired) electrons. The zero-order valence-corrected chi connectivity index (χ0v) is 9.56. The lowest BCUT2D eigenvalue weighted by molar-refractivity contribution is -0.148. The molecule has 0 aromatic heterocycles. The molecule has 0 N–H and O–H groups in total. The highest BCUT2D eigenvalue weighted by Crippen LogP contribution is 2.36. The summed E-state index contributed by atoms with van der Waals surface area (Å²) in [6, 6.07) is 0. The molecule has 1 atom stereocenters. The van der Waals surface area contributed by atoms with Gasteiger partial charge in [-0.05, 0) is 6.08 Å². The SMILES string of the molecule is COC(=O)C1(CBr)C=CC=C(Cl)C1. The van der Waals surface area contributed by atoms with E-state index in [0.29, 0.717) is 16.8 Å². The Kier molecular flexibility index (Phi) is 3.56. The Hall–Kier alpha value is -0.280. The molecule has 72 valence electrons. The predicted molar refractivity (Wildman–Crippen MR) is 55.9 cm³/mol. The van der Waals surface area contributed by atoms with Gasteiger partial charge in [0.1, 0.15) is 5.41 Å². The van der Waals surface area contributed by atoms with Crippen LogP contribution in [0.4, 0.5) is 0 Å². The number of hydrogen-bond acceptors (Lipinski definition) is 2. The first-order chi connectivity index (χ1) is 6.14. The van der Waals surface area contributed by atoms with E-state index in [1.54, 1.807) is 12.2 Å². The first kappa shape index (κ1) is 10.8. The van der Waals surface area contributed by atoms with Crippen LogP contribution in [0.5, 0.6) is 0 Å². The first-order valence-electron chi connectivity index (χ1n) is 3.83. The lowest BCUT2D eigenvalue weighted by Gasteiger charge is -2.27. The number of alkyl halides is 1. The summed E-state index contributed by atoms with van der Waals surface area (Å²) in [6.07, 6.45) is 5.89. The maximum Gasteiger partial charge on any atom is 0.316 e. The minimum atomic E-state index is -0.624. The maximum absolute atomic E-state index is 11.5. The van der Waals surface area contributed by atoms with E-state index >= 15 is 0 Å². The van der Waals surface area contributed by atoms with Crippen molar-refractivity contribution >= 4 is 33.5 Å². The van der Waals surface area contributed by atoms with Crippen molar-refractivity contribution < 1.29 is 9.53 Å². The summed E-state index contributed by atoms with van der Waals surface area (Å²) in [4.78, 5) is 11.5. The number of allylic oxidation sites excluding steroid dienone is 3. The quantitative estimate of drug-likeness (QED) is 0.567. The fourth-order valence-corrected chi connectivity index (χ4v) is 2.17. The maximum atomic E-state index is 11.5. The summed E-state index contributed by atoms with van der Waals surface area (Å²) in [5, 5.41) is 1.19. The van der Waals surface area contributed by atoms with Crippen molar-refractivity contribution in [2.45, 2.75) is 6.42 Å². The van der Waals surface area contributed by atoms with Gasteiger partial charge in [0.05, 0.1) is 7.11 Å². The van der Waals surface area contributed by atoms with Crippen molar-refractivity contribution in [2.75, 3.05) is 12.4 Å². The summed E-state index contributed by atoms with van der Waals surface area (Å²) >= 11 is 9.16. The minimum absolute atomic E-state index is 0.258. The highest BCUT2D eigenvalue weighted by molar-refractivity contribution is 9.09. The van der Waals surface area contributed by atoms with Crippen molar-refractivity contribution in [2.24, 2.45) is 5.41 Å². The van der Waals surface area contributed by atoms with Crippen molar-refractivity contribution in [3.05, 3.63) is 23.3 Å². The van der Waals surface area contributed by atoms with E-state index in [9.17, 15) is 4.79 Å². The molecule has 0 saturated heterocycles. The van der Waals surface area contributed by atoms with Crippen LogP contribution >= 0.6 is 27.5 Å². The first-order valence-corrected chi connectivity index (χ1v) is 5.33. The molecule has 1 unspecified atom stereocenters. The van der Waals surface area contributed by atoms with E-state index in [-0.39, 0.29) is 5.97 Å². The summed E-state index contributed by atoms with van der Waals surface area (Å²) in [5.41, 5.74) is -0.624. The Morgan fingerprint density at radius 1 is 1.85 bits per heavy atom. The fraction of sp³-hybridized carbons (Fsp3) is 0.444. The number of esters is 1. The summed E-state index contributed by atoms with van der Waals surface area (Å²) in [6.45, 7) is 0. The van der Waals surface area contributed by atoms with Gasteiger partial charge in [0, 0.05) is 16.8 Å². The average molecular weight is 266 g/mol. The van der Waals surface area contributed by atoms with Crippen molar-refractivity contribution in [1.29, 1.82) is 0 Å². The summed E-state index contributed by atoms with van der Waals surface area (Å²) in [7, 11) is 1.38. The average Bonchev–Trinajstić information content (AvgIpc) is 2.16. The van der Waals surface area contributed by atoms with E-state index < -0.39 is 5.41 Å². The van der Waals surface area contributed by atoms with Crippen LogP contribution in [0.15, 0.2) is 23.3 Å². The Balaban J connectivity index is 2.90. The monoisotopic (exact) mass is 264 g/mol. The van der Waals surface area contributed by atoms with Gasteiger partial charge < -0.3 is 4.74 Å². The highest BCUT2D eigenvalue weighted by atomic mass is 79.9. The van der Waals surface area contributed by atoms with Gasteiger partial charge in [-0.1, -0.05) is 39.7 Å². The third kappa shape index (κ3) is 2.15. The fourth-order valence-electron chi connectivity index (χ4n) is 1.25. The minimum Gasteiger partial charge on any atom is -0.468 e. The molecule has 1 aliphatic carbocycles. The van der Waals surface area contributed by atoms with E-state index in [4.69, 9.17) is 16.3 Å². The molecular weight excluding hydrogens is 255 g/mol. The third-order valence-corrected chi connectivity index (χ3v) is 3.27. The molecular formula is C9H10BrClO2. The lowest BCUT2D eigenvalue weighted by Crippen LogP contribution is -2.33. The van der Waals surface area contributed by atoms with Gasteiger partial charge in [0.15, 0.2) is 0 Å². The Labute approximate surface area is 90.7 Å². The Bertz CT molecular complexity index is 273. The number of halogens is 2. The molecule has 0 aliphatic heterocycles. The number of ether oxygens (including phenoxy) is 1. The predicted octanol–water partition coefficient (Wildman–Crippen LogP) is 2.62. The molecule has 2 nitrogen and oxygen atoms in total. The number of methoxy groups -OCH3 is 1. The topological polar surface area (TPSA) is 26.3 Å². The van der Waals surface area contributed by atoms with Crippen LogP contribution in [0.1, 0.15) is 6.42 Å². The second-order valence-corrected chi connectivity index (χ2v) is 3.98. The second-order valence-electron chi connectivity index (χ2n) is 2.93. The molecule has 0 saturated carbocycles. The molecule has 0 spiro atoms. The molecule has 0 heterocycles.